The maximum Gasteiger partial charge on any atom is 0.261 e. The molecule has 8 heteroatoms. The van der Waals surface area contributed by atoms with E-state index in [2.05, 4.69) is 17.0 Å². The van der Waals surface area contributed by atoms with Gasteiger partial charge in [-0.3, -0.25) is 14.3 Å². The number of sulfonamides is 1. The van der Waals surface area contributed by atoms with Gasteiger partial charge in [0.25, 0.3) is 15.9 Å². The Morgan fingerprint density at radius 1 is 1.00 bits per heavy atom. The average molecular weight is 470 g/mol. The number of hydrogen-bond acceptors (Lipinski definition) is 4. The Bertz CT molecular complexity index is 1090. The second kappa shape index (κ2) is 9.95. The number of rotatable bonds is 8. The minimum Gasteiger partial charge on any atom is -0.353 e. The van der Waals surface area contributed by atoms with Crippen LogP contribution in [-0.4, -0.2) is 44.3 Å². The van der Waals surface area contributed by atoms with Crippen LogP contribution in [0.25, 0.3) is 0 Å². The summed E-state index contributed by atoms with van der Waals surface area (Å²) in [6.07, 6.45) is 5.59. The van der Waals surface area contributed by atoms with Crippen molar-refractivity contribution in [2.24, 2.45) is 5.92 Å². The van der Waals surface area contributed by atoms with Gasteiger partial charge in [0.15, 0.2) is 0 Å². The maximum absolute atomic E-state index is 13.0. The summed E-state index contributed by atoms with van der Waals surface area (Å²) in [5.41, 5.74) is 1.97. The van der Waals surface area contributed by atoms with Crippen LogP contribution in [0.15, 0.2) is 53.4 Å². The minimum absolute atomic E-state index is 0.0440. The molecule has 0 spiro atoms. The van der Waals surface area contributed by atoms with Crippen molar-refractivity contribution in [3.05, 3.63) is 59.7 Å². The Morgan fingerprint density at radius 3 is 2.33 bits per heavy atom. The van der Waals surface area contributed by atoms with E-state index in [0.717, 1.165) is 44.1 Å². The molecule has 7 nitrogen and oxygen atoms in total. The molecule has 1 aliphatic heterocycles. The van der Waals surface area contributed by atoms with E-state index in [1.807, 2.05) is 12.1 Å². The third-order valence-electron chi connectivity index (χ3n) is 6.16. The number of nitrogens with zero attached hydrogens (tertiary/aromatic N) is 1. The highest BCUT2D eigenvalue weighted by molar-refractivity contribution is 7.92. The van der Waals surface area contributed by atoms with Crippen LogP contribution >= 0.6 is 0 Å². The largest absolute Gasteiger partial charge is 0.353 e. The van der Waals surface area contributed by atoms with Crippen LogP contribution in [0.5, 0.6) is 0 Å². The van der Waals surface area contributed by atoms with Gasteiger partial charge in [0.2, 0.25) is 5.91 Å². The lowest BCUT2D eigenvalue weighted by atomic mass is 9.96. The van der Waals surface area contributed by atoms with Crippen LogP contribution in [-0.2, 0) is 21.2 Å². The molecule has 0 radical (unpaired) electrons. The van der Waals surface area contributed by atoms with Crippen LogP contribution in [0.1, 0.15) is 54.9 Å². The van der Waals surface area contributed by atoms with Crippen molar-refractivity contribution < 1.29 is 18.0 Å². The number of amides is 2. The van der Waals surface area contributed by atoms with Crippen molar-refractivity contribution >= 4 is 27.5 Å². The minimum atomic E-state index is -3.71. The fourth-order valence-corrected chi connectivity index (χ4v) is 5.18. The van der Waals surface area contributed by atoms with Crippen molar-refractivity contribution in [1.29, 1.82) is 0 Å². The molecule has 2 aromatic rings. The molecule has 0 bridgehead atoms. The van der Waals surface area contributed by atoms with Crippen molar-refractivity contribution in [3.8, 4) is 0 Å². The zero-order valence-corrected chi connectivity index (χ0v) is 19.7. The molecular formula is C25H31N3O4S. The lowest BCUT2D eigenvalue weighted by molar-refractivity contribution is -0.126. The van der Waals surface area contributed by atoms with Gasteiger partial charge in [0.1, 0.15) is 0 Å². The second-order valence-corrected chi connectivity index (χ2v) is 10.6. The summed E-state index contributed by atoms with van der Waals surface area (Å²) in [6.45, 7) is 3.12. The first-order chi connectivity index (χ1) is 15.9. The maximum atomic E-state index is 13.0. The van der Waals surface area contributed by atoms with Gasteiger partial charge in [-0.1, -0.05) is 25.5 Å². The molecule has 4 rings (SSSR count). The molecule has 2 aromatic carbocycles. The molecule has 2 N–H and O–H groups in total. The van der Waals surface area contributed by atoms with Crippen LogP contribution < -0.4 is 10.0 Å². The fourth-order valence-electron chi connectivity index (χ4n) is 4.12. The number of benzene rings is 2. The Morgan fingerprint density at radius 2 is 1.70 bits per heavy atom. The molecule has 1 saturated heterocycles. The van der Waals surface area contributed by atoms with Gasteiger partial charge < -0.3 is 10.2 Å². The summed E-state index contributed by atoms with van der Waals surface area (Å²) >= 11 is 0. The summed E-state index contributed by atoms with van der Waals surface area (Å²) in [6, 6.07) is 13.6. The zero-order chi connectivity index (χ0) is 23.4. The Hall–Kier alpha value is -2.87. The first-order valence-corrected chi connectivity index (χ1v) is 13.2. The van der Waals surface area contributed by atoms with Crippen molar-refractivity contribution in [3.63, 3.8) is 0 Å². The van der Waals surface area contributed by atoms with Gasteiger partial charge in [-0.05, 0) is 74.1 Å². The summed E-state index contributed by atoms with van der Waals surface area (Å²) in [7, 11) is -3.71. The Kier molecular flexibility index (Phi) is 7.02. The number of hydrogen-bond donors (Lipinski definition) is 2. The lowest BCUT2D eigenvalue weighted by Gasteiger charge is -2.32. The van der Waals surface area contributed by atoms with Crippen LogP contribution in [0, 0.1) is 5.92 Å². The van der Waals surface area contributed by atoms with Crippen molar-refractivity contribution in [1.82, 2.24) is 10.2 Å². The topological polar surface area (TPSA) is 95.6 Å². The van der Waals surface area contributed by atoms with Crippen LogP contribution in [0.2, 0.25) is 0 Å². The molecule has 176 valence electrons. The number of carbonyl (C=O) groups excluding carboxylic acids is 2. The molecule has 1 unspecified atom stereocenters. The third kappa shape index (κ3) is 5.93. The number of aryl methyl sites for hydroxylation is 1. The summed E-state index contributed by atoms with van der Waals surface area (Å²) in [4.78, 5) is 27.3. The van der Waals surface area contributed by atoms with Gasteiger partial charge in [-0.15, -0.1) is 0 Å². The number of piperidine rings is 1. The van der Waals surface area contributed by atoms with Gasteiger partial charge in [0.05, 0.1) is 10.8 Å². The van der Waals surface area contributed by atoms with E-state index in [-0.39, 0.29) is 22.6 Å². The van der Waals surface area contributed by atoms with Gasteiger partial charge in [-0.2, -0.15) is 0 Å². The van der Waals surface area contributed by atoms with Crippen molar-refractivity contribution in [2.45, 2.75) is 56.4 Å². The predicted molar refractivity (Wildman–Crippen MR) is 127 cm³/mol. The summed E-state index contributed by atoms with van der Waals surface area (Å²) < 4.78 is 28.0. The number of anilines is 1. The highest BCUT2D eigenvalue weighted by atomic mass is 32.2. The summed E-state index contributed by atoms with van der Waals surface area (Å²) in [5.74, 6) is -0.263. The third-order valence-corrected chi connectivity index (χ3v) is 7.56. The van der Waals surface area contributed by atoms with Gasteiger partial charge in [-0.25, -0.2) is 8.42 Å². The highest BCUT2D eigenvalue weighted by Crippen LogP contribution is 2.24. The normalized spacial score (nSPS) is 18.6. The lowest BCUT2D eigenvalue weighted by Crippen LogP contribution is -2.45. The first kappa shape index (κ1) is 23.3. The molecule has 1 aliphatic carbocycles. The van der Waals surface area contributed by atoms with Crippen molar-refractivity contribution in [2.75, 3.05) is 17.8 Å². The highest BCUT2D eigenvalue weighted by Gasteiger charge is 2.32. The van der Waals surface area contributed by atoms with E-state index < -0.39 is 10.0 Å². The quantitative estimate of drug-likeness (QED) is 0.618. The predicted octanol–water partition coefficient (Wildman–Crippen LogP) is 3.57. The molecular weight excluding hydrogens is 438 g/mol. The van der Waals surface area contributed by atoms with Gasteiger partial charge >= 0.3 is 0 Å². The Balaban J connectivity index is 1.37. The standard InChI is InChI=1S/C25H31N3O4S/c1-2-4-18-6-14-23(15-7-18)33(31,32)27-22-10-8-19(9-11-22)25(30)28-16-3-5-20(17-28)24(29)26-21-12-13-21/h6-11,14-15,20-21,27H,2-5,12-13,16-17H2,1H3,(H,26,29). The van der Waals surface area contributed by atoms with E-state index in [1.54, 1.807) is 41.3 Å². The molecule has 33 heavy (non-hydrogen) atoms. The van der Waals surface area contributed by atoms with E-state index >= 15 is 0 Å². The molecule has 2 aliphatic rings. The first-order valence-electron chi connectivity index (χ1n) is 11.7. The molecule has 2 fully saturated rings. The molecule has 1 saturated carbocycles. The van der Waals surface area contributed by atoms with E-state index in [1.165, 1.54) is 0 Å². The van der Waals surface area contributed by atoms with Gasteiger partial charge in [0, 0.05) is 30.4 Å². The second-order valence-electron chi connectivity index (χ2n) is 8.95. The average Bonchev–Trinajstić information content (AvgIpc) is 3.63. The van der Waals surface area contributed by atoms with E-state index in [0.29, 0.717) is 30.4 Å². The summed E-state index contributed by atoms with van der Waals surface area (Å²) in [5, 5.41) is 3.03. The number of likely N-dealkylation sites (tertiary alicyclic amines) is 1. The molecule has 2 amide bonds. The molecule has 1 atom stereocenters. The van der Waals surface area contributed by atoms with Crippen LogP contribution in [0.3, 0.4) is 0 Å². The number of carbonyl (C=O) groups is 2. The van der Waals surface area contributed by atoms with Crippen LogP contribution in [0.4, 0.5) is 5.69 Å². The smallest absolute Gasteiger partial charge is 0.261 e. The molecule has 1 heterocycles. The SMILES string of the molecule is CCCc1ccc(S(=O)(=O)Nc2ccc(C(=O)N3CCCC(C(=O)NC4CC4)C3)cc2)cc1. The number of nitrogens with one attached hydrogen (secondary N) is 2. The monoisotopic (exact) mass is 469 g/mol. The fraction of sp³-hybridized carbons (Fsp3) is 0.440. The van der Waals surface area contributed by atoms with E-state index in [4.69, 9.17) is 0 Å². The molecule has 0 aromatic heterocycles. The zero-order valence-electron chi connectivity index (χ0n) is 18.9. The Labute approximate surface area is 195 Å². The van der Waals surface area contributed by atoms with E-state index in [9.17, 15) is 18.0 Å².